The molecule has 1 aliphatic heterocycles. The molecule has 2 heterocycles. The van der Waals surface area contributed by atoms with E-state index in [9.17, 15) is 4.79 Å². The Labute approximate surface area is 139 Å². The van der Waals surface area contributed by atoms with Crippen LogP contribution in [0.15, 0.2) is 41.2 Å². The molecule has 0 spiro atoms. The Balaban J connectivity index is 1.49. The third-order valence-electron chi connectivity index (χ3n) is 3.64. The molecule has 1 aliphatic rings. The van der Waals surface area contributed by atoms with Crippen LogP contribution in [0, 0.1) is 0 Å². The highest BCUT2D eigenvalue weighted by Crippen LogP contribution is 2.16. The van der Waals surface area contributed by atoms with Crippen molar-refractivity contribution >= 4 is 29.0 Å². The topological polar surface area (TPSA) is 54.5 Å². The summed E-state index contributed by atoms with van der Waals surface area (Å²) in [4.78, 5) is 18.2. The van der Waals surface area contributed by atoms with E-state index in [0.717, 1.165) is 37.6 Å². The summed E-state index contributed by atoms with van der Waals surface area (Å²) in [6.45, 7) is 3.94. The Morgan fingerprint density at radius 1 is 1.30 bits per heavy atom. The maximum absolute atomic E-state index is 11.8. The van der Waals surface area contributed by atoms with Crippen molar-refractivity contribution in [2.45, 2.75) is 6.54 Å². The molecule has 5 nitrogen and oxygen atoms in total. The summed E-state index contributed by atoms with van der Waals surface area (Å²) in [5.41, 5.74) is 4.83. The Morgan fingerprint density at radius 2 is 2.09 bits per heavy atom. The molecule has 120 valence electrons. The zero-order valence-corrected chi connectivity index (χ0v) is 13.6. The van der Waals surface area contributed by atoms with Crippen molar-refractivity contribution in [3.8, 4) is 0 Å². The summed E-state index contributed by atoms with van der Waals surface area (Å²) in [5, 5.41) is 4.77. The summed E-state index contributed by atoms with van der Waals surface area (Å²) in [6, 6.07) is 8.29. The molecule has 0 bridgehead atoms. The fourth-order valence-corrected chi connectivity index (χ4v) is 2.88. The number of rotatable bonds is 5. The van der Waals surface area contributed by atoms with Crippen LogP contribution < -0.4 is 10.2 Å². The fraction of sp³-hybridized carbons (Fsp3) is 0.294. The first-order valence-electron chi connectivity index (χ1n) is 7.57. The van der Waals surface area contributed by atoms with Gasteiger partial charge in [-0.2, -0.15) is 0 Å². The predicted octanol–water partition coefficient (Wildman–Crippen LogP) is 2.31. The summed E-state index contributed by atoms with van der Waals surface area (Å²) >= 11 is 1.51. The van der Waals surface area contributed by atoms with Crippen LogP contribution in [0.2, 0.25) is 0 Å². The molecular formula is C17H19N3O2S. The van der Waals surface area contributed by atoms with Crippen LogP contribution in [-0.2, 0) is 16.1 Å². The lowest BCUT2D eigenvalue weighted by Crippen LogP contribution is -2.36. The molecule has 1 saturated heterocycles. The van der Waals surface area contributed by atoms with Crippen LogP contribution in [0.25, 0.3) is 6.08 Å². The van der Waals surface area contributed by atoms with Gasteiger partial charge < -0.3 is 15.0 Å². The minimum Gasteiger partial charge on any atom is -0.378 e. The highest BCUT2D eigenvalue weighted by Gasteiger charge is 2.10. The lowest BCUT2D eigenvalue weighted by Gasteiger charge is -2.28. The molecule has 3 rings (SSSR count). The molecule has 6 heteroatoms. The predicted molar refractivity (Wildman–Crippen MR) is 92.5 cm³/mol. The SMILES string of the molecule is O=C(C=Cc1cscn1)NCc1ccc(N2CCOCC2)cc1. The average Bonchev–Trinajstić information content (AvgIpc) is 3.13. The Bertz CT molecular complexity index is 647. The quantitative estimate of drug-likeness (QED) is 0.855. The van der Waals surface area contributed by atoms with Crippen LogP contribution in [0.4, 0.5) is 5.69 Å². The largest absolute Gasteiger partial charge is 0.378 e. The molecule has 2 aromatic rings. The van der Waals surface area contributed by atoms with Gasteiger partial charge in [-0.1, -0.05) is 12.1 Å². The lowest BCUT2D eigenvalue weighted by molar-refractivity contribution is -0.116. The monoisotopic (exact) mass is 329 g/mol. The number of carbonyl (C=O) groups is 1. The van der Waals surface area contributed by atoms with Crippen LogP contribution in [0.5, 0.6) is 0 Å². The second-order valence-electron chi connectivity index (χ2n) is 5.23. The van der Waals surface area contributed by atoms with Gasteiger partial charge in [0, 0.05) is 36.8 Å². The van der Waals surface area contributed by atoms with E-state index in [2.05, 4.69) is 39.5 Å². The number of anilines is 1. The Morgan fingerprint density at radius 3 is 2.78 bits per heavy atom. The van der Waals surface area contributed by atoms with Crippen LogP contribution in [-0.4, -0.2) is 37.2 Å². The summed E-state index contributed by atoms with van der Waals surface area (Å²) in [7, 11) is 0. The minimum absolute atomic E-state index is 0.116. The van der Waals surface area contributed by atoms with Crippen molar-refractivity contribution in [2.75, 3.05) is 31.2 Å². The molecule has 1 fully saturated rings. The van der Waals surface area contributed by atoms with E-state index >= 15 is 0 Å². The van der Waals surface area contributed by atoms with Crippen molar-refractivity contribution in [3.05, 3.63) is 52.5 Å². The average molecular weight is 329 g/mol. The summed E-state index contributed by atoms with van der Waals surface area (Å²) in [6.07, 6.45) is 3.23. The zero-order chi connectivity index (χ0) is 15.9. The molecule has 1 amide bonds. The maximum atomic E-state index is 11.8. The van der Waals surface area contributed by atoms with Crippen molar-refractivity contribution in [2.24, 2.45) is 0 Å². The van der Waals surface area contributed by atoms with Gasteiger partial charge in [-0.15, -0.1) is 11.3 Å². The van der Waals surface area contributed by atoms with Gasteiger partial charge in [0.05, 0.1) is 24.4 Å². The number of nitrogens with zero attached hydrogens (tertiary/aromatic N) is 2. The fourth-order valence-electron chi connectivity index (χ4n) is 2.36. The molecule has 1 N–H and O–H groups in total. The number of ether oxygens (including phenoxy) is 1. The standard InChI is InChI=1S/C17H19N3O2S/c21-17(6-3-15-12-23-13-19-15)18-11-14-1-4-16(5-2-14)20-7-9-22-10-8-20/h1-6,12-13H,7-11H2,(H,18,21). The zero-order valence-electron chi connectivity index (χ0n) is 12.8. The van der Waals surface area contributed by atoms with Crippen molar-refractivity contribution in [1.82, 2.24) is 10.3 Å². The first-order chi connectivity index (χ1) is 11.3. The number of carbonyl (C=O) groups excluding carboxylic acids is 1. The molecule has 0 unspecified atom stereocenters. The molecular weight excluding hydrogens is 310 g/mol. The summed E-state index contributed by atoms with van der Waals surface area (Å²) in [5.74, 6) is -0.116. The van der Waals surface area contributed by atoms with Crippen molar-refractivity contribution in [1.29, 1.82) is 0 Å². The number of morpholine rings is 1. The van der Waals surface area contributed by atoms with Gasteiger partial charge in [0.2, 0.25) is 5.91 Å². The van der Waals surface area contributed by atoms with E-state index in [0.29, 0.717) is 6.54 Å². The molecule has 0 radical (unpaired) electrons. The van der Waals surface area contributed by atoms with E-state index in [1.54, 1.807) is 11.6 Å². The van der Waals surface area contributed by atoms with E-state index in [-0.39, 0.29) is 5.91 Å². The molecule has 1 aromatic heterocycles. The van der Waals surface area contributed by atoms with E-state index in [4.69, 9.17) is 4.74 Å². The number of aromatic nitrogens is 1. The van der Waals surface area contributed by atoms with Gasteiger partial charge in [-0.3, -0.25) is 4.79 Å². The number of nitrogens with one attached hydrogen (secondary N) is 1. The molecule has 23 heavy (non-hydrogen) atoms. The van der Waals surface area contributed by atoms with Gasteiger partial charge in [0.1, 0.15) is 0 Å². The maximum Gasteiger partial charge on any atom is 0.244 e. The van der Waals surface area contributed by atoms with Crippen molar-refractivity contribution < 1.29 is 9.53 Å². The highest BCUT2D eigenvalue weighted by molar-refractivity contribution is 7.07. The third-order valence-corrected chi connectivity index (χ3v) is 4.24. The molecule has 1 aromatic carbocycles. The van der Waals surface area contributed by atoms with Crippen molar-refractivity contribution in [3.63, 3.8) is 0 Å². The first kappa shape index (κ1) is 15.7. The van der Waals surface area contributed by atoms with Gasteiger partial charge in [-0.05, 0) is 23.8 Å². The smallest absolute Gasteiger partial charge is 0.244 e. The molecule has 0 saturated carbocycles. The summed E-state index contributed by atoms with van der Waals surface area (Å²) < 4.78 is 5.36. The molecule has 0 aliphatic carbocycles. The number of benzene rings is 1. The van der Waals surface area contributed by atoms with Crippen LogP contribution in [0.1, 0.15) is 11.3 Å². The van der Waals surface area contributed by atoms with E-state index in [1.165, 1.54) is 23.1 Å². The number of hydrogen-bond donors (Lipinski definition) is 1. The van der Waals surface area contributed by atoms with Gasteiger partial charge >= 0.3 is 0 Å². The second-order valence-corrected chi connectivity index (χ2v) is 5.95. The first-order valence-corrected chi connectivity index (χ1v) is 8.51. The van der Waals surface area contributed by atoms with Gasteiger partial charge in [0.15, 0.2) is 0 Å². The Hall–Kier alpha value is -2.18. The number of hydrogen-bond acceptors (Lipinski definition) is 5. The second kappa shape index (κ2) is 7.89. The van der Waals surface area contributed by atoms with Gasteiger partial charge in [-0.25, -0.2) is 4.98 Å². The number of thiazole rings is 1. The van der Waals surface area contributed by atoms with Gasteiger partial charge in [0.25, 0.3) is 0 Å². The normalized spacial score (nSPS) is 15.0. The van der Waals surface area contributed by atoms with Crippen LogP contribution in [0.3, 0.4) is 0 Å². The van der Waals surface area contributed by atoms with E-state index < -0.39 is 0 Å². The lowest BCUT2D eigenvalue weighted by atomic mass is 10.2. The highest BCUT2D eigenvalue weighted by atomic mass is 32.1. The third kappa shape index (κ3) is 4.64. The minimum atomic E-state index is -0.116. The number of amides is 1. The van der Waals surface area contributed by atoms with E-state index in [1.807, 2.05) is 5.38 Å². The Kier molecular flexibility index (Phi) is 5.39. The van der Waals surface area contributed by atoms with Crippen LogP contribution >= 0.6 is 11.3 Å². The molecule has 0 atom stereocenters.